The molecule has 0 unspecified atom stereocenters. The molecule has 0 aromatic carbocycles. The minimum Gasteiger partial charge on any atom is -0.479 e. The van der Waals surface area contributed by atoms with E-state index in [1.165, 1.54) is 6.08 Å². The maximum absolute atomic E-state index is 10.2. The van der Waals surface area contributed by atoms with Gasteiger partial charge in [0, 0.05) is 6.08 Å². The second-order valence-electron chi connectivity index (χ2n) is 2.88. The molecule has 5 heteroatoms. The molecule has 0 spiro atoms. The van der Waals surface area contributed by atoms with Crippen LogP contribution in [0.4, 0.5) is 0 Å². The Bertz CT molecular complexity index is 228. The van der Waals surface area contributed by atoms with Gasteiger partial charge in [-0.05, 0) is 19.8 Å². The molecular weight excluding hydrogens is 200 g/mol. The molecule has 0 saturated carbocycles. The first-order chi connectivity index (χ1) is 6.83. The van der Waals surface area contributed by atoms with Crippen LogP contribution in [0.1, 0.15) is 33.6 Å². The Labute approximate surface area is 89.0 Å². The van der Waals surface area contributed by atoms with Crippen LogP contribution >= 0.6 is 0 Å². The highest BCUT2D eigenvalue weighted by Gasteiger charge is 2.30. The summed E-state index contributed by atoms with van der Waals surface area (Å²) in [6.45, 7) is 4.96. The zero-order valence-electron chi connectivity index (χ0n) is 9.23. The van der Waals surface area contributed by atoms with E-state index in [-0.39, 0.29) is 12.8 Å². The van der Waals surface area contributed by atoms with Crippen LogP contribution in [-0.2, 0) is 9.59 Å². The summed E-state index contributed by atoms with van der Waals surface area (Å²) in [6, 6.07) is 0. The minimum atomic E-state index is -1.50. The number of hydrogen-bond donors (Lipinski definition) is 3. The molecule has 0 aliphatic carbocycles. The van der Waals surface area contributed by atoms with Crippen molar-refractivity contribution in [3.63, 3.8) is 0 Å². The Morgan fingerprint density at radius 3 is 1.60 bits per heavy atom. The Morgan fingerprint density at radius 2 is 1.60 bits per heavy atom. The first-order valence-corrected chi connectivity index (χ1v) is 4.65. The molecule has 5 nitrogen and oxygen atoms in total. The van der Waals surface area contributed by atoms with Crippen LogP contribution in [0.3, 0.4) is 0 Å². The van der Waals surface area contributed by atoms with E-state index in [4.69, 9.17) is 15.3 Å². The van der Waals surface area contributed by atoms with Gasteiger partial charge >= 0.3 is 11.9 Å². The zero-order chi connectivity index (χ0) is 12.5. The number of aliphatic hydroxyl groups is 1. The smallest absolute Gasteiger partial charge is 0.335 e. The van der Waals surface area contributed by atoms with Crippen molar-refractivity contribution in [2.75, 3.05) is 0 Å². The minimum absolute atomic E-state index is 0.263. The molecule has 0 aromatic rings. The average Bonchev–Trinajstić information content (AvgIpc) is 2.17. The second-order valence-corrected chi connectivity index (χ2v) is 2.88. The molecule has 88 valence electrons. The first kappa shape index (κ1) is 16.1. The van der Waals surface area contributed by atoms with Gasteiger partial charge in [0.05, 0.1) is 0 Å². The summed E-state index contributed by atoms with van der Waals surface area (Å²) in [5.41, 5.74) is -1.50. The van der Waals surface area contributed by atoms with Crippen LogP contribution in [0.25, 0.3) is 0 Å². The maximum Gasteiger partial charge on any atom is 0.335 e. The Morgan fingerprint density at radius 1 is 1.20 bits per heavy atom. The van der Waals surface area contributed by atoms with Crippen molar-refractivity contribution in [2.45, 2.75) is 39.2 Å². The number of carbonyl (C=O) groups is 2. The monoisotopic (exact) mass is 218 g/mol. The van der Waals surface area contributed by atoms with Gasteiger partial charge in [0.1, 0.15) is 0 Å². The van der Waals surface area contributed by atoms with Crippen molar-refractivity contribution in [2.24, 2.45) is 0 Å². The number of rotatable bonds is 4. The number of carboxylic acid groups (broad SMARTS) is 2. The van der Waals surface area contributed by atoms with Crippen LogP contribution in [0.15, 0.2) is 12.2 Å². The number of allylic oxidation sites excluding steroid dienone is 1. The molecule has 15 heavy (non-hydrogen) atoms. The molecule has 0 amide bonds. The molecule has 0 aliphatic heterocycles. The van der Waals surface area contributed by atoms with Crippen molar-refractivity contribution in [1.82, 2.24) is 0 Å². The van der Waals surface area contributed by atoms with Gasteiger partial charge in [-0.25, -0.2) is 9.59 Å². The second kappa shape index (κ2) is 7.99. The lowest BCUT2D eigenvalue weighted by molar-refractivity contribution is -0.159. The standard InChI is InChI=1S/C6H12O3.C4H6O2/c1-3-6(9,4-2)5(7)8;1-2-3-4(5)6/h9H,3-4H2,1-2H3,(H,7,8);2-3H,1H3,(H,5,6)/b;3-2-. The molecule has 0 atom stereocenters. The fourth-order valence-electron chi connectivity index (χ4n) is 0.695. The molecular formula is C10H18O5. The largest absolute Gasteiger partial charge is 0.479 e. The molecule has 0 aromatic heterocycles. The molecule has 0 bridgehead atoms. The highest BCUT2D eigenvalue weighted by Crippen LogP contribution is 2.13. The molecule has 0 heterocycles. The van der Waals surface area contributed by atoms with Gasteiger partial charge in [-0.3, -0.25) is 0 Å². The third-order valence-corrected chi connectivity index (χ3v) is 1.88. The number of carboxylic acids is 2. The Hall–Kier alpha value is -1.36. The lowest BCUT2D eigenvalue weighted by atomic mass is 9.98. The van der Waals surface area contributed by atoms with Gasteiger partial charge in [-0.2, -0.15) is 0 Å². The predicted molar refractivity (Wildman–Crippen MR) is 55.6 cm³/mol. The topological polar surface area (TPSA) is 94.8 Å². The Kier molecular flexibility index (Phi) is 8.57. The van der Waals surface area contributed by atoms with Crippen molar-refractivity contribution in [1.29, 1.82) is 0 Å². The third kappa shape index (κ3) is 7.69. The van der Waals surface area contributed by atoms with Gasteiger partial charge in [0.25, 0.3) is 0 Å². The lowest BCUT2D eigenvalue weighted by Crippen LogP contribution is -2.36. The fourth-order valence-corrected chi connectivity index (χ4v) is 0.695. The lowest BCUT2D eigenvalue weighted by Gasteiger charge is -2.18. The van der Waals surface area contributed by atoms with Crippen molar-refractivity contribution < 1.29 is 24.9 Å². The van der Waals surface area contributed by atoms with Gasteiger partial charge in [0.2, 0.25) is 0 Å². The molecule has 0 fully saturated rings. The summed E-state index contributed by atoms with van der Waals surface area (Å²) in [7, 11) is 0. The van der Waals surface area contributed by atoms with Crippen LogP contribution in [0, 0.1) is 0 Å². The average molecular weight is 218 g/mol. The Balaban J connectivity index is 0. The van der Waals surface area contributed by atoms with Crippen LogP contribution in [0.5, 0.6) is 0 Å². The zero-order valence-corrected chi connectivity index (χ0v) is 9.23. The van der Waals surface area contributed by atoms with Crippen molar-refractivity contribution in [3.05, 3.63) is 12.2 Å². The molecule has 0 radical (unpaired) electrons. The van der Waals surface area contributed by atoms with Crippen molar-refractivity contribution in [3.8, 4) is 0 Å². The molecule has 0 rings (SSSR count). The van der Waals surface area contributed by atoms with Gasteiger partial charge < -0.3 is 15.3 Å². The summed E-state index contributed by atoms with van der Waals surface area (Å²) in [4.78, 5) is 19.7. The predicted octanol–water partition coefficient (Wildman–Crippen LogP) is 1.27. The fraction of sp³-hybridized carbons (Fsp3) is 0.600. The van der Waals surface area contributed by atoms with E-state index in [9.17, 15) is 9.59 Å². The van der Waals surface area contributed by atoms with Gasteiger partial charge in [-0.1, -0.05) is 19.9 Å². The van der Waals surface area contributed by atoms with Crippen molar-refractivity contribution >= 4 is 11.9 Å². The summed E-state index contributed by atoms with van der Waals surface area (Å²) in [6.07, 6.45) is 3.08. The van der Waals surface area contributed by atoms with Gasteiger partial charge in [-0.15, -0.1) is 0 Å². The van der Waals surface area contributed by atoms with Gasteiger partial charge in [0.15, 0.2) is 5.60 Å². The van der Waals surface area contributed by atoms with E-state index in [2.05, 4.69) is 0 Å². The van der Waals surface area contributed by atoms with Crippen LogP contribution < -0.4 is 0 Å². The van der Waals surface area contributed by atoms with E-state index in [0.717, 1.165) is 6.08 Å². The van der Waals surface area contributed by atoms with E-state index >= 15 is 0 Å². The van der Waals surface area contributed by atoms with E-state index in [1.807, 2.05) is 0 Å². The summed E-state index contributed by atoms with van der Waals surface area (Å²) < 4.78 is 0. The third-order valence-electron chi connectivity index (χ3n) is 1.88. The maximum atomic E-state index is 10.2. The molecule has 3 N–H and O–H groups in total. The highest BCUT2D eigenvalue weighted by atomic mass is 16.4. The van der Waals surface area contributed by atoms with E-state index < -0.39 is 17.5 Å². The summed E-state index contributed by atoms with van der Waals surface area (Å²) in [5.74, 6) is -2.02. The number of hydrogen-bond acceptors (Lipinski definition) is 3. The summed E-state index contributed by atoms with van der Waals surface area (Å²) in [5, 5.41) is 25.3. The number of aliphatic carboxylic acids is 2. The quantitative estimate of drug-likeness (QED) is 0.617. The van der Waals surface area contributed by atoms with E-state index in [0.29, 0.717) is 0 Å². The summed E-state index contributed by atoms with van der Waals surface area (Å²) >= 11 is 0. The first-order valence-electron chi connectivity index (χ1n) is 4.65. The van der Waals surface area contributed by atoms with Crippen LogP contribution in [0.2, 0.25) is 0 Å². The normalized spacial score (nSPS) is 10.7. The van der Waals surface area contributed by atoms with Crippen LogP contribution in [-0.4, -0.2) is 32.9 Å². The highest BCUT2D eigenvalue weighted by molar-refractivity contribution is 5.79. The SMILES string of the molecule is C/C=C\C(=O)O.CCC(O)(CC)C(=O)O. The molecule has 0 saturated heterocycles. The molecule has 0 aliphatic rings. The van der Waals surface area contributed by atoms with E-state index in [1.54, 1.807) is 20.8 Å².